The Kier molecular flexibility index (Phi) is 16.9. The van der Waals surface area contributed by atoms with E-state index in [2.05, 4.69) is 21.5 Å². The number of aliphatic imine (C=N–C) groups is 1. The SMILES string of the molecule is CCCCCCCCCCCCOC(=O)c1ccc(Cl)c(NC(=O)C(=Nc2ccc(N(CC)CC)cc2OC)C2=NS(=O)(=O)c3ccccc3N2Cc2ccccc2)c1. The molecule has 0 unspecified atom stereocenters. The van der Waals surface area contributed by atoms with Gasteiger partial charge in [-0.1, -0.05) is 119 Å². The first kappa shape index (κ1) is 44.9. The Morgan fingerprint density at radius 3 is 2.15 bits per heavy atom. The minimum absolute atomic E-state index is 0.00680. The first-order valence-electron chi connectivity index (χ1n) is 20.7. The summed E-state index contributed by atoms with van der Waals surface area (Å²) in [6, 6.07) is 25.8. The zero-order valence-corrected chi connectivity index (χ0v) is 36.2. The number of rotatable bonds is 22. The minimum Gasteiger partial charge on any atom is -0.494 e. The molecular weight excluding hydrogens is 786 g/mol. The van der Waals surface area contributed by atoms with Gasteiger partial charge in [0.1, 0.15) is 16.3 Å². The first-order valence-corrected chi connectivity index (χ1v) is 22.5. The van der Waals surface area contributed by atoms with E-state index in [1.54, 1.807) is 29.2 Å². The van der Waals surface area contributed by atoms with E-state index in [1.807, 2.05) is 56.3 Å². The number of unbranched alkanes of at least 4 members (excludes halogenated alkanes) is 9. The third-order valence-electron chi connectivity index (χ3n) is 10.2. The van der Waals surface area contributed by atoms with Crippen LogP contribution in [0.1, 0.15) is 101 Å². The number of halogens is 1. The van der Waals surface area contributed by atoms with Gasteiger partial charge in [0.25, 0.3) is 15.9 Å². The van der Waals surface area contributed by atoms with Gasteiger partial charge in [-0.05, 0) is 68.3 Å². The van der Waals surface area contributed by atoms with Crippen LogP contribution in [0.3, 0.4) is 0 Å². The topological polar surface area (TPSA) is 130 Å². The standard InChI is InChI=1S/C46H56ClN5O6S/c1-5-8-9-10-11-12-13-14-15-21-30-58-46(54)35-26-28-37(47)39(31-35)49-45(53)43(48-38-29-27-36(32-41(38)57-4)51(6-2)7-3)44-50-59(55,56)42-25-20-19-24-40(42)52(44)33-34-22-17-16-18-23-34/h16-20,22-29,31-32H,5-15,21,30,33H2,1-4H3,(H,49,53). The number of hydrogen-bond donors (Lipinski definition) is 1. The maximum atomic E-state index is 14.7. The molecule has 0 saturated heterocycles. The van der Waals surface area contributed by atoms with Gasteiger partial charge in [0, 0.05) is 31.4 Å². The highest BCUT2D eigenvalue weighted by molar-refractivity contribution is 7.90. The van der Waals surface area contributed by atoms with Gasteiger partial charge in [0.15, 0.2) is 11.5 Å². The number of amides is 1. The van der Waals surface area contributed by atoms with Crippen molar-refractivity contribution in [1.29, 1.82) is 0 Å². The number of methoxy groups -OCH3 is 1. The van der Waals surface area contributed by atoms with Crippen molar-refractivity contribution in [3.05, 3.63) is 107 Å². The third-order valence-corrected chi connectivity index (χ3v) is 11.9. The number of benzene rings is 4. The van der Waals surface area contributed by atoms with Crippen LogP contribution in [-0.4, -0.2) is 58.6 Å². The van der Waals surface area contributed by atoms with Crippen molar-refractivity contribution in [3.63, 3.8) is 0 Å². The van der Waals surface area contributed by atoms with Crippen LogP contribution in [0.15, 0.2) is 105 Å². The fourth-order valence-corrected chi connectivity index (χ4v) is 8.32. The van der Waals surface area contributed by atoms with Crippen LogP contribution in [0.2, 0.25) is 5.02 Å². The highest BCUT2D eigenvalue weighted by Gasteiger charge is 2.36. The number of esters is 1. The second kappa shape index (κ2) is 22.2. The molecular formula is C46H56ClN5O6S. The van der Waals surface area contributed by atoms with Crippen LogP contribution in [0, 0.1) is 0 Å². The summed E-state index contributed by atoms with van der Waals surface area (Å²) in [6.07, 6.45) is 11.6. The normalized spacial score (nSPS) is 13.3. The van der Waals surface area contributed by atoms with Crippen LogP contribution in [0.4, 0.5) is 22.7 Å². The molecule has 4 aromatic rings. The van der Waals surface area contributed by atoms with E-state index in [9.17, 15) is 18.0 Å². The van der Waals surface area contributed by atoms with E-state index in [4.69, 9.17) is 26.1 Å². The molecule has 0 saturated carbocycles. The number of sulfonamides is 1. The quantitative estimate of drug-likeness (QED) is 0.0470. The number of nitrogens with zero attached hydrogens (tertiary/aromatic N) is 4. The molecule has 5 rings (SSSR count). The zero-order chi connectivity index (χ0) is 42.2. The van der Waals surface area contributed by atoms with Crippen LogP contribution < -0.4 is 19.9 Å². The summed E-state index contributed by atoms with van der Waals surface area (Å²) in [5.41, 5.74) is 2.30. The Morgan fingerprint density at radius 1 is 0.814 bits per heavy atom. The Balaban J connectivity index is 1.45. The van der Waals surface area contributed by atoms with Crippen molar-refractivity contribution in [2.75, 3.05) is 41.9 Å². The highest BCUT2D eigenvalue weighted by Crippen LogP contribution is 2.36. The molecule has 1 aliphatic rings. The van der Waals surface area contributed by atoms with E-state index in [0.717, 1.165) is 43.6 Å². The van der Waals surface area contributed by atoms with Gasteiger partial charge in [-0.2, -0.15) is 8.42 Å². The second-order valence-corrected chi connectivity index (χ2v) is 16.4. The molecule has 0 aliphatic carbocycles. The second-order valence-electron chi connectivity index (χ2n) is 14.4. The van der Waals surface area contributed by atoms with Gasteiger partial charge in [-0.3, -0.25) is 4.79 Å². The largest absolute Gasteiger partial charge is 0.494 e. The molecule has 0 fully saturated rings. The van der Waals surface area contributed by atoms with E-state index in [0.29, 0.717) is 11.4 Å². The first-order chi connectivity index (χ1) is 28.6. The lowest BCUT2D eigenvalue weighted by Gasteiger charge is -2.31. The van der Waals surface area contributed by atoms with E-state index >= 15 is 0 Å². The summed E-state index contributed by atoms with van der Waals surface area (Å²) in [5, 5.41) is 2.94. The number of carbonyl (C=O) groups is 2. The minimum atomic E-state index is -4.29. The summed E-state index contributed by atoms with van der Waals surface area (Å²) >= 11 is 6.62. The number of ether oxygens (including phenoxy) is 2. The fraction of sp³-hybridized carbons (Fsp3) is 0.391. The van der Waals surface area contributed by atoms with Gasteiger partial charge >= 0.3 is 5.97 Å². The molecule has 0 atom stereocenters. The Hall–Kier alpha value is -5.20. The molecule has 13 heteroatoms. The van der Waals surface area contributed by atoms with E-state index in [-0.39, 0.29) is 51.6 Å². The van der Waals surface area contributed by atoms with Crippen LogP contribution in [-0.2, 0) is 26.1 Å². The number of anilines is 3. The molecule has 1 amide bonds. The average molecular weight is 843 g/mol. The lowest BCUT2D eigenvalue weighted by atomic mass is 10.1. The number of fused-ring (bicyclic) bond motifs is 1. The summed E-state index contributed by atoms with van der Waals surface area (Å²) in [5.74, 6) is -1.21. The number of para-hydroxylation sites is 1. The number of hydrogen-bond acceptors (Lipinski definition) is 9. The van der Waals surface area contributed by atoms with Crippen molar-refractivity contribution in [3.8, 4) is 5.75 Å². The van der Waals surface area contributed by atoms with Crippen LogP contribution in [0.25, 0.3) is 0 Å². The number of carbonyl (C=O) groups excluding carboxylic acids is 2. The third kappa shape index (κ3) is 12.2. The van der Waals surface area contributed by atoms with Gasteiger partial charge in [0.05, 0.1) is 35.7 Å². The van der Waals surface area contributed by atoms with Crippen molar-refractivity contribution in [2.45, 2.75) is 96.4 Å². The summed E-state index contributed by atoms with van der Waals surface area (Å²) in [7, 11) is -2.79. The molecule has 0 radical (unpaired) electrons. The highest BCUT2D eigenvalue weighted by atomic mass is 35.5. The molecule has 1 aliphatic heterocycles. The smallest absolute Gasteiger partial charge is 0.338 e. The maximum Gasteiger partial charge on any atom is 0.338 e. The van der Waals surface area contributed by atoms with Gasteiger partial charge in [0.2, 0.25) is 0 Å². The van der Waals surface area contributed by atoms with Gasteiger partial charge < -0.3 is 24.6 Å². The Morgan fingerprint density at radius 2 is 1.47 bits per heavy atom. The molecule has 314 valence electrons. The lowest BCUT2D eigenvalue weighted by Crippen LogP contribution is -2.45. The Labute approximate surface area is 354 Å². The lowest BCUT2D eigenvalue weighted by molar-refractivity contribution is -0.110. The molecule has 4 aromatic carbocycles. The Bertz CT molecular complexity index is 2210. The average Bonchev–Trinajstić information content (AvgIpc) is 3.24. The number of nitrogens with one attached hydrogen (secondary N) is 1. The van der Waals surface area contributed by atoms with E-state index < -0.39 is 21.9 Å². The summed E-state index contributed by atoms with van der Waals surface area (Å²) < 4.78 is 43.2. The van der Waals surface area contributed by atoms with Crippen molar-refractivity contribution in [1.82, 2.24) is 0 Å². The molecule has 11 nitrogen and oxygen atoms in total. The molecule has 1 N–H and O–H groups in total. The molecule has 1 heterocycles. The summed E-state index contributed by atoms with van der Waals surface area (Å²) in [4.78, 5) is 36.4. The van der Waals surface area contributed by atoms with Crippen molar-refractivity contribution < 1.29 is 27.5 Å². The zero-order valence-electron chi connectivity index (χ0n) is 34.6. The molecule has 59 heavy (non-hydrogen) atoms. The van der Waals surface area contributed by atoms with Crippen molar-refractivity contribution in [2.24, 2.45) is 9.39 Å². The molecule has 0 bridgehead atoms. The predicted molar refractivity (Wildman–Crippen MR) is 240 cm³/mol. The van der Waals surface area contributed by atoms with Crippen LogP contribution >= 0.6 is 11.6 Å². The summed E-state index contributed by atoms with van der Waals surface area (Å²) in [6.45, 7) is 8.26. The maximum absolute atomic E-state index is 14.7. The van der Waals surface area contributed by atoms with Gasteiger partial charge in [-0.15, -0.1) is 4.40 Å². The predicted octanol–water partition coefficient (Wildman–Crippen LogP) is 10.8. The monoisotopic (exact) mass is 841 g/mol. The van der Waals surface area contributed by atoms with Crippen molar-refractivity contribution >= 4 is 67.8 Å². The van der Waals surface area contributed by atoms with E-state index in [1.165, 1.54) is 76.3 Å². The number of amidine groups is 1. The van der Waals surface area contributed by atoms with Gasteiger partial charge in [-0.25, -0.2) is 9.79 Å². The fourth-order valence-electron chi connectivity index (χ4n) is 6.96. The molecule has 0 spiro atoms. The van der Waals surface area contributed by atoms with Crippen LogP contribution in [0.5, 0.6) is 5.75 Å². The molecule has 0 aromatic heterocycles.